The van der Waals surface area contributed by atoms with E-state index in [-0.39, 0.29) is 6.61 Å². The highest BCUT2D eigenvalue weighted by atomic mass is 16.5. The lowest BCUT2D eigenvalue weighted by Crippen LogP contribution is -2.24. The Balaban J connectivity index is 2.19. The predicted molar refractivity (Wildman–Crippen MR) is 52.1 cm³/mol. The van der Waals surface area contributed by atoms with Gasteiger partial charge in [-0.1, -0.05) is 13.8 Å². The Hall–Kier alpha value is -0.550. The fourth-order valence-corrected chi connectivity index (χ4v) is 2.08. The van der Waals surface area contributed by atoms with Crippen LogP contribution in [0.5, 0.6) is 0 Å². The monoisotopic (exact) mass is 181 g/mol. The molecule has 0 aromatic rings. The predicted octanol–water partition coefficient (Wildman–Crippen LogP) is 2.74. The van der Waals surface area contributed by atoms with Crippen LogP contribution in [-0.2, 0) is 4.74 Å². The molecular weight excluding hydrogens is 162 g/mol. The Morgan fingerprint density at radius 3 is 2.38 bits per heavy atom. The number of nitriles is 1. The quantitative estimate of drug-likeness (QED) is 0.670. The number of ether oxygens (including phenoxy) is 1. The summed E-state index contributed by atoms with van der Waals surface area (Å²) < 4.78 is 5.40. The summed E-state index contributed by atoms with van der Waals surface area (Å²) in [6, 6.07) is 2.03. The second-order valence-electron chi connectivity index (χ2n) is 4.25. The smallest absolute Gasteiger partial charge is 0.134 e. The largest absolute Gasteiger partial charge is 0.363 e. The van der Waals surface area contributed by atoms with Crippen molar-refractivity contribution in [3.63, 3.8) is 0 Å². The first-order valence-electron chi connectivity index (χ1n) is 5.22. The molecule has 1 saturated carbocycles. The number of hydrogen-bond donors (Lipinski definition) is 0. The van der Waals surface area contributed by atoms with Gasteiger partial charge in [-0.15, -0.1) is 0 Å². The van der Waals surface area contributed by atoms with E-state index < -0.39 is 0 Å². The van der Waals surface area contributed by atoms with Crippen LogP contribution in [0.2, 0.25) is 0 Å². The van der Waals surface area contributed by atoms with Crippen molar-refractivity contribution in [2.75, 3.05) is 6.61 Å². The molecule has 0 amide bonds. The molecule has 0 atom stereocenters. The van der Waals surface area contributed by atoms with E-state index in [2.05, 4.69) is 13.8 Å². The maximum Gasteiger partial charge on any atom is 0.134 e. The van der Waals surface area contributed by atoms with Crippen LogP contribution in [0.1, 0.15) is 39.5 Å². The van der Waals surface area contributed by atoms with E-state index in [1.165, 1.54) is 12.8 Å². The number of hydrogen-bond acceptors (Lipinski definition) is 2. The third-order valence-electron chi connectivity index (χ3n) is 3.05. The minimum Gasteiger partial charge on any atom is -0.363 e. The molecule has 74 valence electrons. The van der Waals surface area contributed by atoms with E-state index >= 15 is 0 Å². The Morgan fingerprint density at radius 2 is 1.92 bits per heavy atom. The summed E-state index contributed by atoms with van der Waals surface area (Å²) in [5, 5.41) is 8.36. The lowest BCUT2D eigenvalue weighted by molar-refractivity contribution is 0.0308. The zero-order valence-electron chi connectivity index (χ0n) is 8.62. The van der Waals surface area contributed by atoms with Gasteiger partial charge in [0.1, 0.15) is 6.61 Å². The van der Waals surface area contributed by atoms with E-state index in [1.807, 2.05) is 6.07 Å². The highest BCUT2D eigenvalue weighted by molar-refractivity contribution is 4.76. The van der Waals surface area contributed by atoms with Gasteiger partial charge in [0.25, 0.3) is 0 Å². The summed E-state index contributed by atoms with van der Waals surface area (Å²) in [5.74, 6) is 1.68. The molecule has 0 N–H and O–H groups in total. The number of nitrogens with zero attached hydrogens (tertiary/aromatic N) is 1. The maximum absolute atomic E-state index is 8.36. The molecule has 2 nitrogen and oxygen atoms in total. The molecule has 0 aromatic heterocycles. The van der Waals surface area contributed by atoms with E-state index in [0.29, 0.717) is 6.10 Å². The van der Waals surface area contributed by atoms with Crippen LogP contribution in [0.25, 0.3) is 0 Å². The Bertz CT molecular complexity index is 175. The van der Waals surface area contributed by atoms with E-state index in [4.69, 9.17) is 10.00 Å². The molecule has 0 aliphatic heterocycles. The third kappa shape index (κ3) is 3.36. The molecule has 2 heteroatoms. The minimum atomic E-state index is 0.261. The molecule has 0 saturated heterocycles. The first-order valence-corrected chi connectivity index (χ1v) is 5.22. The molecule has 1 rings (SSSR count). The third-order valence-corrected chi connectivity index (χ3v) is 3.05. The van der Waals surface area contributed by atoms with Gasteiger partial charge in [-0.3, -0.25) is 0 Å². The molecule has 13 heavy (non-hydrogen) atoms. The number of rotatable bonds is 3. The van der Waals surface area contributed by atoms with Gasteiger partial charge in [-0.2, -0.15) is 5.26 Å². The zero-order valence-corrected chi connectivity index (χ0v) is 8.62. The average Bonchev–Trinajstić information content (AvgIpc) is 2.15. The molecule has 0 radical (unpaired) electrons. The normalized spacial score (nSPS) is 28.8. The van der Waals surface area contributed by atoms with Crippen LogP contribution in [-0.4, -0.2) is 12.7 Å². The molecule has 0 heterocycles. The van der Waals surface area contributed by atoms with Crippen molar-refractivity contribution in [2.24, 2.45) is 11.8 Å². The van der Waals surface area contributed by atoms with Crippen LogP contribution < -0.4 is 0 Å². The minimum absolute atomic E-state index is 0.261. The molecule has 1 aliphatic carbocycles. The van der Waals surface area contributed by atoms with Crippen LogP contribution in [0, 0.1) is 23.2 Å². The first kappa shape index (κ1) is 10.5. The molecule has 0 bridgehead atoms. The van der Waals surface area contributed by atoms with E-state index in [9.17, 15) is 0 Å². The summed E-state index contributed by atoms with van der Waals surface area (Å²) in [6.07, 6.45) is 5.19. The van der Waals surface area contributed by atoms with Gasteiger partial charge in [0.15, 0.2) is 0 Å². The van der Waals surface area contributed by atoms with Crippen molar-refractivity contribution in [1.29, 1.82) is 5.26 Å². The fourth-order valence-electron chi connectivity index (χ4n) is 2.08. The zero-order chi connectivity index (χ0) is 9.68. The highest BCUT2D eigenvalue weighted by Gasteiger charge is 2.23. The standard InChI is InChI=1S/C11H19NO/c1-9(2)10-3-5-11(6-4-10)13-8-7-12/h9-11H,3-6,8H2,1-2H3. The summed E-state index contributed by atoms with van der Waals surface area (Å²) in [5.41, 5.74) is 0. The van der Waals surface area contributed by atoms with Crippen LogP contribution in [0.4, 0.5) is 0 Å². The van der Waals surface area contributed by atoms with Crippen molar-refractivity contribution in [3.05, 3.63) is 0 Å². The van der Waals surface area contributed by atoms with Gasteiger partial charge < -0.3 is 4.74 Å². The molecule has 1 fully saturated rings. The molecule has 1 aliphatic rings. The lowest BCUT2D eigenvalue weighted by atomic mass is 9.80. The summed E-state index contributed by atoms with van der Waals surface area (Å²) in [4.78, 5) is 0. The van der Waals surface area contributed by atoms with Crippen LogP contribution >= 0.6 is 0 Å². The highest BCUT2D eigenvalue weighted by Crippen LogP contribution is 2.30. The molecule has 0 unspecified atom stereocenters. The summed E-state index contributed by atoms with van der Waals surface area (Å²) in [6.45, 7) is 4.85. The molecule has 0 aromatic carbocycles. The Morgan fingerprint density at radius 1 is 1.31 bits per heavy atom. The second-order valence-corrected chi connectivity index (χ2v) is 4.25. The summed E-state index contributed by atoms with van der Waals surface area (Å²) >= 11 is 0. The van der Waals surface area contributed by atoms with E-state index in [0.717, 1.165) is 24.7 Å². The van der Waals surface area contributed by atoms with Gasteiger partial charge in [0.2, 0.25) is 0 Å². The van der Waals surface area contributed by atoms with Gasteiger partial charge in [0, 0.05) is 0 Å². The van der Waals surface area contributed by atoms with Gasteiger partial charge in [-0.25, -0.2) is 0 Å². The van der Waals surface area contributed by atoms with Crippen LogP contribution in [0.15, 0.2) is 0 Å². The second kappa shape index (κ2) is 5.24. The lowest BCUT2D eigenvalue weighted by Gasteiger charge is -2.30. The fraction of sp³-hybridized carbons (Fsp3) is 0.909. The average molecular weight is 181 g/mol. The Labute approximate surface area is 80.9 Å². The van der Waals surface area contributed by atoms with Crippen molar-refractivity contribution in [3.8, 4) is 6.07 Å². The first-order chi connectivity index (χ1) is 6.24. The van der Waals surface area contributed by atoms with Crippen molar-refractivity contribution in [1.82, 2.24) is 0 Å². The van der Waals surface area contributed by atoms with Crippen molar-refractivity contribution in [2.45, 2.75) is 45.6 Å². The van der Waals surface area contributed by atoms with E-state index in [1.54, 1.807) is 0 Å². The summed E-state index contributed by atoms with van der Waals surface area (Å²) in [7, 11) is 0. The van der Waals surface area contributed by atoms with Gasteiger partial charge in [0.05, 0.1) is 12.2 Å². The topological polar surface area (TPSA) is 33.0 Å². The SMILES string of the molecule is CC(C)C1CCC(OCC#N)CC1. The molecule has 0 spiro atoms. The molecular formula is C11H19NO. The van der Waals surface area contributed by atoms with Crippen molar-refractivity contribution >= 4 is 0 Å². The van der Waals surface area contributed by atoms with Crippen LogP contribution in [0.3, 0.4) is 0 Å². The maximum atomic E-state index is 8.36. The van der Waals surface area contributed by atoms with Crippen molar-refractivity contribution < 1.29 is 4.74 Å². The Kier molecular flexibility index (Phi) is 4.24. The van der Waals surface area contributed by atoms with Gasteiger partial charge >= 0.3 is 0 Å². The van der Waals surface area contributed by atoms with Gasteiger partial charge in [-0.05, 0) is 37.5 Å².